The molecule has 0 unspecified atom stereocenters. The Kier molecular flexibility index (Phi) is 5.46. The first-order valence-electron chi connectivity index (χ1n) is 8.61. The van der Waals surface area contributed by atoms with Gasteiger partial charge in [0.2, 0.25) is 0 Å². The predicted octanol–water partition coefficient (Wildman–Crippen LogP) is 4.46. The summed E-state index contributed by atoms with van der Waals surface area (Å²) in [5.41, 5.74) is 2.24. The average molecular weight is 298 g/mol. The quantitative estimate of drug-likeness (QED) is 0.847. The van der Waals surface area contributed by atoms with Crippen LogP contribution in [0.4, 0.5) is 11.4 Å². The van der Waals surface area contributed by atoms with Crippen molar-refractivity contribution in [3.05, 3.63) is 24.3 Å². The van der Waals surface area contributed by atoms with E-state index >= 15 is 0 Å². The lowest BCUT2D eigenvalue weighted by molar-refractivity contribution is 0.731. The number of nitrogens with one attached hydrogen (secondary N) is 2. The lowest BCUT2D eigenvalue weighted by atomic mass is 10.2. The maximum absolute atomic E-state index is 4.62. The molecule has 4 heteroatoms. The van der Waals surface area contributed by atoms with Gasteiger partial charge in [0.25, 0.3) is 0 Å². The summed E-state index contributed by atoms with van der Waals surface area (Å²) >= 11 is 0. The van der Waals surface area contributed by atoms with Gasteiger partial charge in [0.15, 0.2) is 0 Å². The topological polar surface area (TPSA) is 48.8 Å². The van der Waals surface area contributed by atoms with Crippen LogP contribution < -0.4 is 10.6 Å². The molecular formula is C18H26N4. The molecule has 0 saturated heterocycles. The third-order valence-corrected chi connectivity index (χ3v) is 4.21. The van der Waals surface area contributed by atoms with Gasteiger partial charge >= 0.3 is 0 Å². The summed E-state index contributed by atoms with van der Waals surface area (Å²) in [4.78, 5) is 9.23. The van der Waals surface area contributed by atoms with Crippen molar-refractivity contribution < 1.29 is 0 Å². The zero-order chi connectivity index (χ0) is 15.0. The van der Waals surface area contributed by atoms with Gasteiger partial charge in [-0.2, -0.15) is 0 Å². The predicted molar refractivity (Wildman–Crippen MR) is 95.2 cm³/mol. The summed E-state index contributed by atoms with van der Waals surface area (Å²) in [5, 5.41) is 6.91. The molecule has 2 aliphatic heterocycles. The summed E-state index contributed by atoms with van der Waals surface area (Å²) in [7, 11) is 0. The van der Waals surface area contributed by atoms with Gasteiger partial charge in [-0.3, -0.25) is 9.98 Å². The molecule has 3 rings (SSSR count). The van der Waals surface area contributed by atoms with Crippen LogP contribution in [-0.4, -0.2) is 24.8 Å². The lowest BCUT2D eigenvalue weighted by Crippen LogP contribution is -2.13. The van der Waals surface area contributed by atoms with Crippen LogP contribution in [0.3, 0.4) is 0 Å². The molecule has 0 saturated carbocycles. The number of hydrogen-bond acceptors (Lipinski definition) is 4. The van der Waals surface area contributed by atoms with Crippen molar-refractivity contribution in [2.24, 2.45) is 9.98 Å². The van der Waals surface area contributed by atoms with E-state index in [1.807, 2.05) is 0 Å². The van der Waals surface area contributed by atoms with Crippen molar-refractivity contribution in [2.45, 2.75) is 51.4 Å². The van der Waals surface area contributed by atoms with Gasteiger partial charge in [-0.1, -0.05) is 12.8 Å². The van der Waals surface area contributed by atoms with Crippen LogP contribution in [0.2, 0.25) is 0 Å². The van der Waals surface area contributed by atoms with Crippen LogP contribution in [0, 0.1) is 0 Å². The molecule has 0 aromatic heterocycles. The molecule has 2 aliphatic rings. The first kappa shape index (κ1) is 15.1. The Morgan fingerprint density at radius 1 is 0.591 bits per heavy atom. The molecule has 1 aromatic carbocycles. The summed E-state index contributed by atoms with van der Waals surface area (Å²) in [6.45, 7) is 1.92. The minimum absolute atomic E-state index is 0.960. The highest BCUT2D eigenvalue weighted by molar-refractivity contribution is 5.97. The van der Waals surface area contributed by atoms with Crippen LogP contribution >= 0.6 is 0 Å². The maximum Gasteiger partial charge on any atom is 0.101 e. The van der Waals surface area contributed by atoms with Crippen molar-refractivity contribution in [1.29, 1.82) is 0 Å². The van der Waals surface area contributed by atoms with Gasteiger partial charge in [-0.15, -0.1) is 0 Å². The molecule has 22 heavy (non-hydrogen) atoms. The van der Waals surface area contributed by atoms with E-state index in [4.69, 9.17) is 0 Å². The van der Waals surface area contributed by atoms with E-state index in [2.05, 4.69) is 44.9 Å². The van der Waals surface area contributed by atoms with Gasteiger partial charge in [0.05, 0.1) is 0 Å². The highest BCUT2D eigenvalue weighted by Crippen LogP contribution is 2.17. The molecular weight excluding hydrogens is 272 g/mol. The summed E-state index contributed by atoms with van der Waals surface area (Å²) < 4.78 is 0. The number of amidine groups is 2. The van der Waals surface area contributed by atoms with Crippen molar-refractivity contribution in [3.8, 4) is 0 Å². The first-order valence-corrected chi connectivity index (χ1v) is 8.61. The molecule has 4 nitrogen and oxygen atoms in total. The van der Waals surface area contributed by atoms with Crippen molar-refractivity contribution in [1.82, 2.24) is 0 Å². The highest BCUT2D eigenvalue weighted by Gasteiger charge is 2.06. The summed E-state index contributed by atoms with van der Waals surface area (Å²) in [6, 6.07) is 8.47. The van der Waals surface area contributed by atoms with E-state index in [1.54, 1.807) is 0 Å². The standard InChI is InChI=1S/C18H26N4/c1-3-7-17(19-13-5-1)21-15-9-11-16(12-10-15)22-18-8-4-2-6-14-20-18/h9-12H,1-8,13-14H2,(H,19,21)(H,20,22). The second-order valence-electron chi connectivity index (χ2n) is 6.11. The molecule has 0 spiro atoms. The number of aliphatic imine (C=N–C) groups is 2. The average Bonchev–Trinajstić information content (AvgIpc) is 2.94. The van der Waals surface area contributed by atoms with Crippen LogP contribution in [-0.2, 0) is 0 Å². The number of anilines is 2. The fraction of sp³-hybridized carbons (Fsp3) is 0.556. The molecule has 0 atom stereocenters. The van der Waals surface area contributed by atoms with E-state index in [0.717, 1.165) is 49.0 Å². The second kappa shape index (κ2) is 7.97. The fourth-order valence-electron chi connectivity index (χ4n) is 2.92. The molecule has 0 aliphatic carbocycles. The van der Waals surface area contributed by atoms with E-state index in [9.17, 15) is 0 Å². The minimum Gasteiger partial charge on any atom is -0.344 e. The molecule has 2 heterocycles. The molecule has 1 aromatic rings. The van der Waals surface area contributed by atoms with Crippen LogP contribution in [0.1, 0.15) is 51.4 Å². The third-order valence-electron chi connectivity index (χ3n) is 4.21. The monoisotopic (exact) mass is 298 g/mol. The van der Waals surface area contributed by atoms with E-state index in [0.29, 0.717) is 0 Å². The zero-order valence-corrected chi connectivity index (χ0v) is 13.3. The summed E-state index contributed by atoms with van der Waals surface area (Å²) in [5.74, 6) is 2.26. The molecule has 2 N–H and O–H groups in total. The fourth-order valence-corrected chi connectivity index (χ4v) is 2.92. The van der Waals surface area contributed by atoms with Crippen LogP contribution in [0.15, 0.2) is 34.3 Å². The number of nitrogens with zero attached hydrogens (tertiary/aromatic N) is 2. The Morgan fingerprint density at radius 2 is 1.05 bits per heavy atom. The Bertz CT molecular complexity index is 482. The molecule has 0 fully saturated rings. The van der Waals surface area contributed by atoms with Crippen LogP contribution in [0.25, 0.3) is 0 Å². The Balaban J connectivity index is 1.57. The number of hydrogen-bond donors (Lipinski definition) is 2. The minimum atomic E-state index is 0.960. The van der Waals surface area contributed by atoms with Gasteiger partial charge in [-0.05, 0) is 49.9 Å². The van der Waals surface area contributed by atoms with Crippen molar-refractivity contribution >= 4 is 23.0 Å². The zero-order valence-electron chi connectivity index (χ0n) is 13.3. The Labute approximate surface area is 133 Å². The third kappa shape index (κ3) is 4.58. The van der Waals surface area contributed by atoms with E-state index in [-0.39, 0.29) is 0 Å². The Morgan fingerprint density at radius 3 is 1.50 bits per heavy atom. The number of benzene rings is 1. The molecule has 0 amide bonds. The van der Waals surface area contributed by atoms with Gasteiger partial charge in [-0.25, -0.2) is 0 Å². The largest absolute Gasteiger partial charge is 0.344 e. The highest BCUT2D eigenvalue weighted by atomic mass is 15.0. The summed E-state index contributed by atoms with van der Waals surface area (Å²) in [6.07, 6.45) is 9.63. The first-order chi connectivity index (χ1) is 10.9. The van der Waals surface area contributed by atoms with Crippen molar-refractivity contribution in [2.75, 3.05) is 23.7 Å². The SMILES string of the molecule is c1cc(NC2=NCCCCC2)ccc1NC1=NCCCCC1. The van der Waals surface area contributed by atoms with Gasteiger partial charge in [0, 0.05) is 37.3 Å². The van der Waals surface area contributed by atoms with Crippen LogP contribution in [0.5, 0.6) is 0 Å². The second-order valence-corrected chi connectivity index (χ2v) is 6.11. The molecule has 0 radical (unpaired) electrons. The normalized spacial score (nSPS) is 19.5. The van der Waals surface area contributed by atoms with Crippen molar-refractivity contribution in [3.63, 3.8) is 0 Å². The lowest BCUT2D eigenvalue weighted by Gasteiger charge is -2.11. The molecule has 118 valence electrons. The smallest absolute Gasteiger partial charge is 0.101 e. The Hall–Kier alpha value is -1.84. The van der Waals surface area contributed by atoms with E-state index < -0.39 is 0 Å². The van der Waals surface area contributed by atoms with E-state index in [1.165, 1.54) is 38.5 Å². The van der Waals surface area contributed by atoms with Gasteiger partial charge in [0.1, 0.15) is 11.7 Å². The van der Waals surface area contributed by atoms with Gasteiger partial charge < -0.3 is 10.6 Å². The molecule has 0 bridgehead atoms. The maximum atomic E-state index is 4.62. The number of rotatable bonds is 2.